The molecule has 0 aromatic heterocycles. The van der Waals surface area contributed by atoms with Crippen molar-refractivity contribution in [3.8, 4) is 11.5 Å². The van der Waals surface area contributed by atoms with Gasteiger partial charge in [0.1, 0.15) is 22.9 Å². The van der Waals surface area contributed by atoms with E-state index in [9.17, 15) is 19.8 Å². The molecule has 23 heavy (non-hydrogen) atoms. The summed E-state index contributed by atoms with van der Waals surface area (Å²) in [7, 11) is 0. The van der Waals surface area contributed by atoms with E-state index in [0.717, 1.165) is 5.01 Å². The number of para-hydroxylation sites is 1. The van der Waals surface area contributed by atoms with Gasteiger partial charge in [0, 0.05) is 0 Å². The fourth-order valence-electron chi connectivity index (χ4n) is 2.44. The second kappa shape index (κ2) is 5.81. The predicted octanol–water partition coefficient (Wildman–Crippen LogP) is 1.93. The van der Waals surface area contributed by atoms with Gasteiger partial charge in [-0.05, 0) is 29.8 Å². The molecule has 1 aliphatic heterocycles. The lowest BCUT2D eigenvalue weighted by molar-refractivity contribution is -0.149. The van der Waals surface area contributed by atoms with Crippen LogP contribution in [-0.4, -0.2) is 32.4 Å². The fraction of sp³-hybridized carbons (Fsp3) is 0.125. The van der Waals surface area contributed by atoms with Crippen molar-refractivity contribution in [2.24, 2.45) is 0 Å². The van der Waals surface area contributed by atoms with Gasteiger partial charge in [-0.25, -0.2) is 5.01 Å². The molecule has 0 radical (unpaired) electrons. The molecule has 2 amide bonds. The lowest BCUT2D eigenvalue weighted by atomic mass is 9.95. The first kappa shape index (κ1) is 15.2. The van der Waals surface area contributed by atoms with Gasteiger partial charge in [-0.1, -0.05) is 24.3 Å². The van der Waals surface area contributed by atoms with Crippen LogP contribution in [0.2, 0.25) is 0 Å². The third-order valence-electron chi connectivity index (χ3n) is 3.61. The van der Waals surface area contributed by atoms with Gasteiger partial charge >= 0.3 is 0 Å². The summed E-state index contributed by atoms with van der Waals surface area (Å²) in [5.74, 6) is -1.22. The van der Waals surface area contributed by atoms with Crippen LogP contribution in [0.5, 0.6) is 11.5 Å². The smallest absolute Gasteiger partial charge is 0.273 e. The van der Waals surface area contributed by atoms with Crippen molar-refractivity contribution in [2.75, 3.05) is 0 Å². The summed E-state index contributed by atoms with van der Waals surface area (Å²) in [6, 6.07) is 11.7. The maximum absolute atomic E-state index is 12.2. The summed E-state index contributed by atoms with van der Waals surface area (Å²) in [4.78, 5) is 24.1. The van der Waals surface area contributed by atoms with Crippen molar-refractivity contribution in [3.63, 3.8) is 0 Å². The van der Waals surface area contributed by atoms with Crippen LogP contribution in [0.3, 0.4) is 0 Å². The van der Waals surface area contributed by atoms with Gasteiger partial charge in [0.05, 0.1) is 5.56 Å². The number of nitrogens with zero attached hydrogens (tertiary/aromatic N) is 1. The number of carbonyl (C=O) groups excluding carboxylic acids is 2. The number of aromatic hydroxyl groups is 2. The first-order chi connectivity index (χ1) is 11.0. The number of hydrogen-bond donors (Lipinski definition) is 3. The molecule has 0 bridgehead atoms. The molecule has 2 aromatic carbocycles. The van der Waals surface area contributed by atoms with Crippen molar-refractivity contribution < 1.29 is 19.8 Å². The highest BCUT2D eigenvalue weighted by Crippen LogP contribution is 2.38. The summed E-state index contributed by atoms with van der Waals surface area (Å²) in [5.41, 5.74) is 3.09. The van der Waals surface area contributed by atoms with Gasteiger partial charge in [0.2, 0.25) is 0 Å². The number of phenolic OH excluding ortho intramolecular Hbond substituents is 2. The van der Waals surface area contributed by atoms with E-state index in [4.69, 9.17) is 11.6 Å². The highest BCUT2D eigenvalue weighted by Gasteiger charge is 2.48. The summed E-state index contributed by atoms with van der Waals surface area (Å²) in [5, 5.41) is 19.5. The van der Waals surface area contributed by atoms with E-state index >= 15 is 0 Å². The Kier molecular flexibility index (Phi) is 3.83. The molecule has 3 rings (SSSR count). The molecule has 1 aliphatic rings. The summed E-state index contributed by atoms with van der Waals surface area (Å²) < 4.78 is 0. The Morgan fingerprint density at radius 3 is 2.57 bits per heavy atom. The molecule has 2 atom stereocenters. The number of alkyl halides is 1. The molecular weight excluding hydrogens is 320 g/mol. The number of rotatable bonds is 3. The lowest BCUT2D eigenvalue weighted by Crippen LogP contribution is -2.63. The molecule has 118 valence electrons. The van der Waals surface area contributed by atoms with Crippen molar-refractivity contribution in [3.05, 3.63) is 59.7 Å². The van der Waals surface area contributed by atoms with Gasteiger partial charge in [-0.2, -0.15) is 0 Å². The molecule has 1 saturated heterocycles. The Hall–Kier alpha value is -2.73. The van der Waals surface area contributed by atoms with Crippen LogP contribution < -0.4 is 5.43 Å². The number of nitrogens with one attached hydrogen (secondary N) is 1. The topological polar surface area (TPSA) is 89.9 Å². The van der Waals surface area contributed by atoms with E-state index in [0.29, 0.717) is 5.56 Å². The monoisotopic (exact) mass is 332 g/mol. The molecule has 0 unspecified atom stereocenters. The second-order valence-corrected chi connectivity index (χ2v) is 5.58. The van der Waals surface area contributed by atoms with Gasteiger partial charge in [0.25, 0.3) is 11.8 Å². The maximum Gasteiger partial charge on any atom is 0.273 e. The van der Waals surface area contributed by atoms with Crippen molar-refractivity contribution >= 4 is 23.4 Å². The SMILES string of the molecule is O=C(NN1C(=O)[C@@H](Cl)[C@@H]1c1cccc(O)c1)c1ccccc1O. The zero-order valence-electron chi connectivity index (χ0n) is 11.8. The highest BCUT2D eigenvalue weighted by atomic mass is 35.5. The van der Waals surface area contributed by atoms with E-state index < -0.39 is 23.2 Å². The van der Waals surface area contributed by atoms with Crippen LogP contribution in [0.1, 0.15) is 22.0 Å². The minimum Gasteiger partial charge on any atom is -0.508 e. The number of phenols is 2. The molecule has 0 aliphatic carbocycles. The molecule has 1 heterocycles. The van der Waals surface area contributed by atoms with Crippen molar-refractivity contribution in [2.45, 2.75) is 11.4 Å². The maximum atomic E-state index is 12.2. The van der Waals surface area contributed by atoms with Crippen LogP contribution >= 0.6 is 11.6 Å². The number of halogens is 1. The summed E-state index contributed by atoms with van der Waals surface area (Å²) in [6.45, 7) is 0. The van der Waals surface area contributed by atoms with Gasteiger partial charge < -0.3 is 10.2 Å². The minimum atomic E-state index is -0.832. The first-order valence-corrected chi connectivity index (χ1v) is 7.27. The van der Waals surface area contributed by atoms with Crippen molar-refractivity contribution in [1.29, 1.82) is 0 Å². The summed E-state index contributed by atoms with van der Waals surface area (Å²) >= 11 is 6.03. The standard InChI is InChI=1S/C16H13ClN2O4/c17-13-14(9-4-3-5-10(20)8-9)19(16(13)23)18-15(22)11-6-1-2-7-12(11)21/h1-8,13-14,20-21H,(H,18,22)/t13-,14-/m0/s1. The highest BCUT2D eigenvalue weighted by molar-refractivity contribution is 6.33. The summed E-state index contributed by atoms with van der Waals surface area (Å²) in [6.07, 6.45) is 0. The van der Waals surface area contributed by atoms with Crippen molar-refractivity contribution in [1.82, 2.24) is 10.4 Å². The Balaban J connectivity index is 1.82. The molecule has 0 spiro atoms. The second-order valence-electron chi connectivity index (χ2n) is 5.11. The van der Waals surface area contributed by atoms with Gasteiger partial charge in [-0.3, -0.25) is 15.0 Å². The quantitative estimate of drug-likeness (QED) is 0.592. The third-order valence-corrected chi connectivity index (χ3v) is 4.04. The zero-order chi connectivity index (χ0) is 16.6. The number of hydrazine groups is 1. The molecule has 7 heteroatoms. The predicted molar refractivity (Wildman–Crippen MR) is 82.9 cm³/mol. The largest absolute Gasteiger partial charge is 0.508 e. The fourth-order valence-corrected chi connectivity index (χ4v) is 2.80. The van der Waals surface area contributed by atoms with E-state index in [1.807, 2.05) is 0 Å². The molecule has 6 nitrogen and oxygen atoms in total. The van der Waals surface area contributed by atoms with E-state index in [1.54, 1.807) is 24.3 Å². The lowest BCUT2D eigenvalue weighted by Gasteiger charge is -2.43. The Labute approximate surface area is 136 Å². The third kappa shape index (κ3) is 2.68. The van der Waals surface area contributed by atoms with Crippen LogP contribution in [-0.2, 0) is 4.79 Å². The van der Waals surface area contributed by atoms with E-state index in [2.05, 4.69) is 5.43 Å². The molecule has 2 aromatic rings. The molecule has 1 fully saturated rings. The first-order valence-electron chi connectivity index (χ1n) is 6.84. The van der Waals surface area contributed by atoms with Gasteiger partial charge in [0.15, 0.2) is 0 Å². The normalized spacial score (nSPS) is 20.0. The Morgan fingerprint density at radius 1 is 1.13 bits per heavy atom. The number of hydrogen-bond acceptors (Lipinski definition) is 4. The molecule has 0 saturated carbocycles. The molecule has 3 N–H and O–H groups in total. The zero-order valence-corrected chi connectivity index (χ0v) is 12.6. The Morgan fingerprint density at radius 2 is 1.87 bits per heavy atom. The van der Waals surface area contributed by atoms with Crippen LogP contribution in [0, 0.1) is 0 Å². The van der Waals surface area contributed by atoms with Crippen LogP contribution in [0.25, 0.3) is 0 Å². The van der Waals surface area contributed by atoms with E-state index in [-0.39, 0.29) is 17.1 Å². The van der Waals surface area contributed by atoms with Gasteiger partial charge in [-0.15, -0.1) is 11.6 Å². The number of carbonyl (C=O) groups is 2. The minimum absolute atomic E-state index is 0.0395. The number of amides is 2. The average molecular weight is 333 g/mol. The van der Waals surface area contributed by atoms with Crippen LogP contribution in [0.15, 0.2) is 48.5 Å². The number of benzene rings is 2. The molecular formula is C16H13ClN2O4. The number of β-lactam (4-membered cyclic amide) rings is 1. The average Bonchev–Trinajstić information content (AvgIpc) is 2.54. The van der Waals surface area contributed by atoms with Crippen LogP contribution in [0.4, 0.5) is 0 Å². The van der Waals surface area contributed by atoms with E-state index in [1.165, 1.54) is 24.3 Å². The Bertz CT molecular complexity index is 780.